The van der Waals surface area contributed by atoms with Gasteiger partial charge in [0.25, 0.3) is 0 Å². The lowest BCUT2D eigenvalue weighted by Crippen LogP contribution is -2.51. The molecule has 0 radical (unpaired) electrons. The summed E-state index contributed by atoms with van der Waals surface area (Å²) in [5.41, 5.74) is 2.04. The summed E-state index contributed by atoms with van der Waals surface area (Å²) < 4.78 is 5.90. The summed E-state index contributed by atoms with van der Waals surface area (Å²) >= 11 is 18.0. The summed E-state index contributed by atoms with van der Waals surface area (Å²) in [6.07, 6.45) is 0.279. The maximum absolute atomic E-state index is 12.2. The van der Waals surface area contributed by atoms with E-state index in [9.17, 15) is 4.79 Å². The van der Waals surface area contributed by atoms with E-state index < -0.39 is 0 Å². The average Bonchev–Trinajstić information content (AvgIpc) is 2.67. The zero-order valence-electron chi connectivity index (χ0n) is 15.6. The van der Waals surface area contributed by atoms with Crippen molar-refractivity contribution in [2.75, 3.05) is 19.7 Å². The van der Waals surface area contributed by atoms with Crippen molar-refractivity contribution in [3.05, 3.63) is 68.7 Å². The van der Waals surface area contributed by atoms with Gasteiger partial charge >= 0.3 is 0 Å². The van der Waals surface area contributed by atoms with Gasteiger partial charge in [0.05, 0.1) is 29.2 Å². The summed E-state index contributed by atoms with van der Waals surface area (Å²) in [6, 6.07) is 13.3. The van der Waals surface area contributed by atoms with Crippen LogP contribution in [0.4, 0.5) is 0 Å². The minimum atomic E-state index is -0.0480. The Balaban J connectivity index is 1.50. The van der Waals surface area contributed by atoms with Crippen LogP contribution in [0.25, 0.3) is 0 Å². The Morgan fingerprint density at radius 3 is 2.54 bits per heavy atom. The van der Waals surface area contributed by atoms with E-state index in [1.165, 1.54) is 0 Å². The topological polar surface area (TPSA) is 41.6 Å². The Morgan fingerprint density at radius 1 is 1.11 bits per heavy atom. The first kappa shape index (κ1) is 21.4. The molecule has 150 valence electrons. The van der Waals surface area contributed by atoms with Crippen LogP contribution < -0.4 is 5.32 Å². The molecule has 1 aliphatic rings. The second kappa shape index (κ2) is 9.95. The molecule has 4 nitrogen and oxygen atoms in total. The summed E-state index contributed by atoms with van der Waals surface area (Å²) in [6.45, 7) is 4.74. The lowest BCUT2D eigenvalue weighted by molar-refractivity contribution is -0.122. The van der Waals surface area contributed by atoms with Crippen molar-refractivity contribution < 1.29 is 9.53 Å². The smallest absolute Gasteiger partial charge is 0.224 e. The van der Waals surface area contributed by atoms with E-state index in [0.717, 1.165) is 24.2 Å². The lowest BCUT2D eigenvalue weighted by Gasteiger charge is -2.38. The van der Waals surface area contributed by atoms with Crippen molar-refractivity contribution in [1.29, 1.82) is 0 Å². The van der Waals surface area contributed by atoms with E-state index in [1.807, 2.05) is 30.3 Å². The van der Waals surface area contributed by atoms with Gasteiger partial charge in [0.1, 0.15) is 0 Å². The van der Waals surface area contributed by atoms with Crippen LogP contribution in [0.2, 0.25) is 15.1 Å². The Morgan fingerprint density at radius 2 is 1.82 bits per heavy atom. The van der Waals surface area contributed by atoms with Crippen molar-refractivity contribution in [2.24, 2.45) is 0 Å². The van der Waals surface area contributed by atoms with Gasteiger partial charge in [-0.05, 0) is 42.3 Å². The highest BCUT2D eigenvalue weighted by atomic mass is 35.5. The minimum absolute atomic E-state index is 0.0272. The van der Waals surface area contributed by atoms with Gasteiger partial charge in [-0.2, -0.15) is 0 Å². The van der Waals surface area contributed by atoms with E-state index in [1.54, 1.807) is 12.1 Å². The zero-order chi connectivity index (χ0) is 20.1. The number of amides is 1. The van der Waals surface area contributed by atoms with Crippen LogP contribution in [0, 0.1) is 0 Å². The fourth-order valence-corrected chi connectivity index (χ4v) is 3.62. The van der Waals surface area contributed by atoms with Gasteiger partial charge in [-0.15, -0.1) is 0 Å². The highest BCUT2D eigenvalue weighted by molar-refractivity contribution is 6.42. The van der Waals surface area contributed by atoms with Gasteiger partial charge in [-0.25, -0.2) is 0 Å². The number of morpholine rings is 1. The molecule has 28 heavy (non-hydrogen) atoms. The van der Waals surface area contributed by atoms with E-state index in [2.05, 4.69) is 17.1 Å². The molecule has 7 heteroatoms. The van der Waals surface area contributed by atoms with Crippen molar-refractivity contribution in [3.63, 3.8) is 0 Å². The number of ether oxygens (including phenoxy) is 1. The van der Waals surface area contributed by atoms with Gasteiger partial charge in [0, 0.05) is 30.7 Å². The molecular formula is C21H23Cl3N2O2. The molecule has 0 unspecified atom stereocenters. The van der Waals surface area contributed by atoms with Crippen molar-refractivity contribution in [1.82, 2.24) is 10.2 Å². The van der Waals surface area contributed by atoms with Gasteiger partial charge in [-0.3, -0.25) is 9.69 Å². The van der Waals surface area contributed by atoms with Crippen LogP contribution in [-0.4, -0.2) is 42.6 Å². The molecule has 1 N–H and O–H groups in total. The standard InChI is InChI=1S/C21H23Cl3N2O2/c1-14-13-28-18(10-25-21(27)9-15-2-5-17(22)6-3-15)12-26(14)11-16-4-7-19(23)20(24)8-16/h2-8,14,18H,9-13H2,1H3,(H,25,27)/t14-,18+/m0/s1. The number of rotatable bonds is 6. The molecule has 0 bridgehead atoms. The summed E-state index contributed by atoms with van der Waals surface area (Å²) in [5, 5.41) is 4.75. The van der Waals surface area contributed by atoms with E-state index in [-0.39, 0.29) is 18.1 Å². The maximum Gasteiger partial charge on any atom is 0.224 e. The summed E-state index contributed by atoms with van der Waals surface area (Å²) in [7, 11) is 0. The maximum atomic E-state index is 12.2. The van der Waals surface area contributed by atoms with Crippen molar-refractivity contribution in [3.8, 4) is 0 Å². The first-order valence-electron chi connectivity index (χ1n) is 9.21. The van der Waals surface area contributed by atoms with Gasteiger partial charge in [-0.1, -0.05) is 53.0 Å². The number of carbonyl (C=O) groups excluding carboxylic acids is 1. The predicted molar refractivity (Wildman–Crippen MR) is 114 cm³/mol. The molecule has 2 atom stereocenters. The number of carbonyl (C=O) groups is 1. The highest BCUT2D eigenvalue weighted by Gasteiger charge is 2.26. The zero-order valence-corrected chi connectivity index (χ0v) is 17.9. The number of halogens is 3. The number of benzene rings is 2. The molecule has 1 saturated heterocycles. The van der Waals surface area contributed by atoms with Gasteiger partial charge < -0.3 is 10.1 Å². The second-order valence-corrected chi connectivity index (χ2v) is 8.34. The first-order valence-corrected chi connectivity index (χ1v) is 10.3. The molecule has 0 saturated carbocycles. The monoisotopic (exact) mass is 440 g/mol. The number of nitrogens with one attached hydrogen (secondary N) is 1. The Hall–Kier alpha value is -1.30. The fraction of sp³-hybridized carbons (Fsp3) is 0.381. The van der Waals surface area contributed by atoms with Gasteiger partial charge in [0.2, 0.25) is 5.91 Å². The average molecular weight is 442 g/mol. The Bertz CT molecular complexity index is 814. The predicted octanol–water partition coefficient (Wildman–Crippen LogP) is 4.60. The van der Waals surface area contributed by atoms with Crippen molar-refractivity contribution in [2.45, 2.75) is 32.0 Å². The molecule has 1 fully saturated rings. The molecule has 2 aromatic rings. The third-order valence-corrected chi connectivity index (χ3v) is 5.80. The number of hydrogen-bond donors (Lipinski definition) is 1. The number of hydrogen-bond acceptors (Lipinski definition) is 3. The van der Waals surface area contributed by atoms with E-state index in [0.29, 0.717) is 34.6 Å². The largest absolute Gasteiger partial charge is 0.373 e. The minimum Gasteiger partial charge on any atom is -0.373 e. The van der Waals surface area contributed by atoms with E-state index in [4.69, 9.17) is 39.5 Å². The van der Waals surface area contributed by atoms with Crippen LogP contribution in [0.15, 0.2) is 42.5 Å². The second-order valence-electron chi connectivity index (χ2n) is 7.09. The van der Waals surface area contributed by atoms with Crippen LogP contribution in [0.5, 0.6) is 0 Å². The van der Waals surface area contributed by atoms with Crippen molar-refractivity contribution >= 4 is 40.7 Å². The molecule has 0 spiro atoms. The molecular weight excluding hydrogens is 419 g/mol. The SMILES string of the molecule is C[C@H]1CO[C@H](CNC(=O)Cc2ccc(Cl)cc2)CN1Cc1ccc(Cl)c(Cl)c1. The van der Waals surface area contributed by atoms with Crippen LogP contribution in [0.1, 0.15) is 18.1 Å². The molecule has 0 aliphatic carbocycles. The molecule has 0 aromatic heterocycles. The van der Waals surface area contributed by atoms with E-state index >= 15 is 0 Å². The lowest BCUT2D eigenvalue weighted by atomic mass is 10.1. The summed E-state index contributed by atoms with van der Waals surface area (Å²) in [5.74, 6) is -0.0272. The molecule has 1 heterocycles. The third kappa shape index (κ3) is 6.10. The van der Waals surface area contributed by atoms with Crippen LogP contribution in [-0.2, 0) is 22.5 Å². The van der Waals surface area contributed by atoms with Crippen LogP contribution in [0.3, 0.4) is 0 Å². The third-order valence-electron chi connectivity index (χ3n) is 4.81. The molecule has 1 amide bonds. The molecule has 3 rings (SSSR count). The normalized spacial score (nSPS) is 20.1. The Kier molecular flexibility index (Phi) is 7.61. The molecule has 2 aromatic carbocycles. The number of nitrogens with zero attached hydrogens (tertiary/aromatic N) is 1. The Labute approximate surface area is 180 Å². The quantitative estimate of drug-likeness (QED) is 0.712. The fourth-order valence-electron chi connectivity index (χ4n) is 3.17. The molecule has 1 aliphatic heterocycles. The highest BCUT2D eigenvalue weighted by Crippen LogP contribution is 2.24. The summed E-state index contributed by atoms with van der Waals surface area (Å²) in [4.78, 5) is 14.5. The van der Waals surface area contributed by atoms with Crippen LogP contribution >= 0.6 is 34.8 Å². The van der Waals surface area contributed by atoms with Gasteiger partial charge in [0.15, 0.2) is 0 Å². The first-order chi connectivity index (χ1) is 13.4.